The van der Waals surface area contributed by atoms with Gasteiger partial charge in [-0.2, -0.15) is 0 Å². The quantitative estimate of drug-likeness (QED) is 0.568. The fourth-order valence-electron chi connectivity index (χ4n) is 4.26. The van der Waals surface area contributed by atoms with Crippen molar-refractivity contribution in [1.29, 1.82) is 0 Å². The zero-order chi connectivity index (χ0) is 21.4. The van der Waals surface area contributed by atoms with Gasteiger partial charge in [-0.15, -0.1) is 11.3 Å². The molecule has 3 aromatic rings. The Morgan fingerprint density at radius 2 is 2.17 bits per heavy atom. The molecule has 0 N–H and O–H groups in total. The van der Waals surface area contributed by atoms with Crippen LogP contribution >= 0.6 is 11.3 Å². The molecular formula is C23H26N2O4S. The van der Waals surface area contributed by atoms with Crippen molar-refractivity contribution in [2.75, 3.05) is 14.2 Å². The van der Waals surface area contributed by atoms with E-state index < -0.39 is 0 Å². The molecule has 0 saturated heterocycles. The highest BCUT2D eigenvalue weighted by molar-refractivity contribution is 7.11. The fourth-order valence-corrected chi connectivity index (χ4v) is 5.41. The summed E-state index contributed by atoms with van der Waals surface area (Å²) in [5.74, 6) is 0.673. The first-order valence-corrected chi connectivity index (χ1v) is 11.0. The number of carbonyl (C=O) groups is 1. The molecule has 0 aliphatic heterocycles. The van der Waals surface area contributed by atoms with E-state index in [-0.39, 0.29) is 24.0 Å². The van der Waals surface area contributed by atoms with Crippen LogP contribution in [0.1, 0.15) is 52.0 Å². The van der Waals surface area contributed by atoms with Crippen molar-refractivity contribution in [3.8, 4) is 5.75 Å². The van der Waals surface area contributed by atoms with E-state index in [9.17, 15) is 9.59 Å². The zero-order valence-corrected chi connectivity index (χ0v) is 18.6. The maximum Gasteiger partial charge on any atom is 0.339 e. The summed E-state index contributed by atoms with van der Waals surface area (Å²) in [6.45, 7) is 3.92. The number of thiazole rings is 1. The van der Waals surface area contributed by atoms with Gasteiger partial charge in [0.25, 0.3) is 0 Å². The Hall–Kier alpha value is -2.67. The Morgan fingerprint density at radius 1 is 1.37 bits per heavy atom. The van der Waals surface area contributed by atoms with Crippen LogP contribution in [0, 0.1) is 13.8 Å². The molecule has 2 heterocycles. The van der Waals surface area contributed by atoms with Gasteiger partial charge >= 0.3 is 5.63 Å². The molecule has 0 fully saturated rings. The van der Waals surface area contributed by atoms with Crippen LogP contribution in [-0.2, 0) is 17.6 Å². The molecular weight excluding hydrogens is 400 g/mol. The number of aromatic nitrogens is 1. The van der Waals surface area contributed by atoms with E-state index in [1.807, 2.05) is 37.9 Å². The maximum absolute atomic E-state index is 13.0. The Balaban J connectivity index is 1.53. The standard InChI is InChI=1S/C23H26N2O4S/c1-13-16-9-8-15(28-4)12-20(16)29-23(27)17(13)10-11-21(26)25(3)19-7-5-6-18-22(19)30-14(2)24-18/h8-9,12,19H,5-7,10-11H2,1-4H3. The Bertz CT molecular complexity index is 1160. The molecule has 0 radical (unpaired) electrons. The molecule has 7 heteroatoms. The van der Waals surface area contributed by atoms with Crippen molar-refractivity contribution < 1.29 is 13.9 Å². The summed E-state index contributed by atoms with van der Waals surface area (Å²) in [6, 6.07) is 5.52. The minimum absolute atomic E-state index is 0.0348. The number of fused-ring (bicyclic) bond motifs is 2. The van der Waals surface area contributed by atoms with Gasteiger partial charge in [0, 0.05) is 30.5 Å². The SMILES string of the molecule is COc1ccc2c(C)c(CCC(=O)N(C)C3CCCc4nc(C)sc43)c(=O)oc2c1. The van der Waals surface area contributed by atoms with Crippen LogP contribution in [0.5, 0.6) is 5.75 Å². The largest absolute Gasteiger partial charge is 0.497 e. The number of carbonyl (C=O) groups excluding carboxylic acids is 1. The topological polar surface area (TPSA) is 72.6 Å². The van der Waals surface area contributed by atoms with Crippen LogP contribution in [0.2, 0.25) is 0 Å². The third kappa shape index (κ3) is 3.74. The number of aryl methyl sites for hydroxylation is 3. The third-order valence-corrected chi connectivity index (χ3v) is 7.09. The molecule has 1 aliphatic carbocycles. The minimum atomic E-state index is -0.387. The first-order valence-electron chi connectivity index (χ1n) is 10.2. The summed E-state index contributed by atoms with van der Waals surface area (Å²) in [7, 11) is 3.44. The van der Waals surface area contributed by atoms with Crippen LogP contribution in [-0.4, -0.2) is 29.9 Å². The van der Waals surface area contributed by atoms with Crippen molar-refractivity contribution in [3.63, 3.8) is 0 Å². The Kier molecular flexibility index (Phi) is 5.64. The Labute approximate surface area is 179 Å². The number of rotatable bonds is 5. The van der Waals surface area contributed by atoms with Gasteiger partial charge in [0.15, 0.2) is 0 Å². The number of hydrogen-bond donors (Lipinski definition) is 0. The third-order valence-electron chi connectivity index (χ3n) is 5.97. The average molecular weight is 427 g/mol. The Morgan fingerprint density at radius 3 is 2.93 bits per heavy atom. The summed E-state index contributed by atoms with van der Waals surface area (Å²) in [4.78, 5) is 33.2. The summed E-state index contributed by atoms with van der Waals surface area (Å²) in [6.07, 6.45) is 3.61. The lowest BCUT2D eigenvalue weighted by Crippen LogP contribution is -2.33. The predicted octanol–water partition coefficient (Wildman–Crippen LogP) is 4.34. The second kappa shape index (κ2) is 8.22. The van der Waals surface area contributed by atoms with Crippen molar-refractivity contribution in [2.45, 2.75) is 52.0 Å². The van der Waals surface area contributed by atoms with Gasteiger partial charge < -0.3 is 14.1 Å². The maximum atomic E-state index is 13.0. The van der Waals surface area contributed by atoms with Crippen molar-refractivity contribution in [2.24, 2.45) is 0 Å². The average Bonchev–Trinajstić information content (AvgIpc) is 3.12. The summed E-state index contributed by atoms with van der Waals surface area (Å²) >= 11 is 1.69. The molecule has 0 spiro atoms. The van der Waals surface area contributed by atoms with E-state index in [4.69, 9.17) is 9.15 Å². The monoisotopic (exact) mass is 426 g/mol. The molecule has 2 aromatic heterocycles. The zero-order valence-electron chi connectivity index (χ0n) is 17.8. The second-order valence-electron chi connectivity index (χ2n) is 7.81. The number of ether oxygens (including phenoxy) is 1. The lowest BCUT2D eigenvalue weighted by molar-refractivity contribution is -0.132. The van der Waals surface area contributed by atoms with E-state index >= 15 is 0 Å². The first kappa shape index (κ1) is 20.6. The van der Waals surface area contributed by atoms with Gasteiger partial charge in [-0.1, -0.05) is 0 Å². The molecule has 0 bridgehead atoms. The number of benzene rings is 1. The van der Waals surface area contributed by atoms with Gasteiger partial charge in [0.2, 0.25) is 5.91 Å². The number of nitrogens with zero attached hydrogens (tertiary/aromatic N) is 2. The highest BCUT2D eigenvalue weighted by atomic mass is 32.1. The lowest BCUT2D eigenvalue weighted by atomic mass is 9.96. The van der Waals surface area contributed by atoms with E-state index in [0.29, 0.717) is 23.3 Å². The van der Waals surface area contributed by atoms with Crippen molar-refractivity contribution in [1.82, 2.24) is 9.88 Å². The van der Waals surface area contributed by atoms with E-state index in [0.717, 1.165) is 40.9 Å². The molecule has 158 valence electrons. The predicted molar refractivity (Wildman–Crippen MR) is 117 cm³/mol. The summed E-state index contributed by atoms with van der Waals surface area (Å²) in [5.41, 5.74) is 2.67. The molecule has 1 aromatic carbocycles. The molecule has 4 rings (SSSR count). The lowest BCUT2D eigenvalue weighted by Gasteiger charge is -2.30. The molecule has 1 atom stereocenters. The van der Waals surface area contributed by atoms with Crippen molar-refractivity contribution in [3.05, 3.63) is 55.3 Å². The smallest absolute Gasteiger partial charge is 0.339 e. The number of amides is 1. The molecule has 1 unspecified atom stereocenters. The molecule has 1 amide bonds. The van der Waals surface area contributed by atoms with Gasteiger partial charge in [-0.25, -0.2) is 9.78 Å². The first-order chi connectivity index (χ1) is 14.4. The van der Waals surface area contributed by atoms with Crippen LogP contribution in [0.4, 0.5) is 0 Å². The molecule has 30 heavy (non-hydrogen) atoms. The van der Waals surface area contributed by atoms with E-state index in [1.165, 1.54) is 4.88 Å². The van der Waals surface area contributed by atoms with Crippen LogP contribution in [0.15, 0.2) is 27.4 Å². The van der Waals surface area contributed by atoms with Crippen LogP contribution in [0.3, 0.4) is 0 Å². The molecule has 6 nitrogen and oxygen atoms in total. The fraction of sp³-hybridized carbons (Fsp3) is 0.435. The van der Waals surface area contributed by atoms with Gasteiger partial charge in [0.05, 0.1) is 28.7 Å². The van der Waals surface area contributed by atoms with Crippen LogP contribution in [0.25, 0.3) is 11.0 Å². The normalized spacial score (nSPS) is 15.8. The summed E-state index contributed by atoms with van der Waals surface area (Å²) in [5, 5.41) is 1.91. The van der Waals surface area contributed by atoms with Gasteiger partial charge in [-0.3, -0.25) is 4.79 Å². The van der Waals surface area contributed by atoms with E-state index in [1.54, 1.807) is 24.5 Å². The van der Waals surface area contributed by atoms with E-state index in [2.05, 4.69) is 4.98 Å². The van der Waals surface area contributed by atoms with Crippen LogP contribution < -0.4 is 10.4 Å². The van der Waals surface area contributed by atoms with Crippen molar-refractivity contribution >= 4 is 28.2 Å². The molecule has 1 aliphatic rings. The highest BCUT2D eigenvalue weighted by Crippen LogP contribution is 2.37. The second-order valence-corrected chi connectivity index (χ2v) is 9.05. The summed E-state index contributed by atoms with van der Waals surface area (Å²) < 4.78 is 10.7. The minimum Gasteiger partial charge on any atom is -0.497 e. The molecule has 0 saturated carbocycles. The highest BCUT2D eigenvalue weighted by Gasteiger charge is 2.29. The van der Waals surface area contributed by atoms with Gasteiger partial charge in [-0.05, 0) is 57.2 Å². The van der Waals surface area contributed by atoms with Gasteiger partial charge in [0.1, 0.15) is 11.3 Å². The number of hydrogen-bond acceptors (Lipinski definition) is 6. The number of methoxy groups -OCH3 is 1.